The minimum atomic E-state index is -1.09. The van der Waals surface area contributed by atoms with Gasteiger partial charge in [-0.25, -0.2) is 8.78 Å². The number of hydrogen-bond acceptors (Lipinski definition) is 4. The van der Waals surface area contributed by atoms with Gasteiger partial charge >= 0.3 is 0 Å². The second kappa shape index (κ2) is 8.55. The van der Waals surface area contributed by atoms with Gasteiger partial charge in [-0.3, -0.25) is 4.90 Å². The Kier molecular flexibility index (Phi) is 5.90. The standard InChI is InChI=1S/C22H26F2N2O2/c23-18-7-8-20(21(24)17-18)22(27-15-16-28-22)9-4-10-25-11-13-26(14-12-25)19-5-2-1-3-6-19/h1-3,5-8,17H,4,9-16H2. The van der Waals surface area contributed by atoms with E-state index in [9.17, 15) is 8.78 Å². The highest BCUT2D eigenvalue weighted by Gasteiger charge is 2.40. The van der Waals surface area contributed by atoms with Gasteiger partial charge < -0.3 is 14.4 Å². The van der Waals surface area contributed by atoms with Crippen LogP contribution in [0.15, 0.2) is 48.5 Å². The number of ether oxygens (including phenoxy) is 2. The van der Waals surface area contributed by atoms with Crippen LogP contribution in [0.25, 0.3) is 0 Å². The van der Waals surface area contributed by atoms with E-state index in [1.807, 2.05) is 6.07 Å². The Morgan fingerprint density at radius 1 is 0.893 bits per heavy atom. The molecule has 0 atom stereocenters. The van der Waals surface area contributed by atoms with Crippen LogP contribution in [0, 0.1) is 11.6 Å². The molecule has 0 bridgehead atoms. The van der Waals surface area contributed by atoms with E-state index in [1.54, 1.807) is 0 Å². The molecule has 6 heteroatoms. The summed E-state index contributed by atoms with van der Waals surface area (Å²) in [7, 11) is 0. The Morgan fingerprint density at radius 3 is 2.29 bits per heavy atom. The summed E-state index contributed by atoms with van der Waals surface area (Å²) in [4.78, 5) is 4.82. The maximum absolute atomic E-state index is 14.3. The average Bonchev–Trinajstić information content (AvgIpc) is 3.19. The molecule has 28 heavy (non-hydrogen) atoms. The van der Waals surface area contributed by atoms with E-state index in [0.717, 1.165) is 45.2 Å². The Hall–Kier alpha value is -2.02. The van der Waals surface area contributed by atoms with Gasteiger partial charge in [-0.2, -0.15) is 0 Å². The fraction of sp³-hybridized carbons (Fsp3) is 0.455. The highest BCUT2D eigenvalue weighted by Crippen LogP contribution is 2.37. The minimum absolute atomic E-state index is 0.292. The molecule has 2 aliphatic rings. The molecule has 2 heterocycles. The van der Waals surface area contributed by atoms with Crippen LogP contribution >= 0.6 is 0 Å². The normalized spacial score (nSPS) is 19.9. The first-order chi connectivity index (χ1) is 13.7. The summed E-state index contributed by atoms with van der Waals surface area (Å²) in [6, 6.07) is 14.0. The van der Waals surface area contributed by atoms with Crippen molar-refractivity contribution in [1.29, 1.82) is 0 Å². The monoisotopic (exact) mass is 388 g/mol. The molecule has 2 fully saturated rings. The maximum atomic E-state index is 14.3. The van der Waals surface area contributed by atoms with E-state index in [1.165, 1.54) is 17.8 Å². The van der Waals surface area contributed by atoms with E-state index >= 15 is 0 Å². The van der Waals surface area contributed by atoms with Gasteiger partial charge in [0, 0.05) is 49.9 Å². The SMILES string of the molecule is Fc1ccc(C2(CCCN3CCN(c4ccccc4)CC3)OCCO2)c(F)c1. The molecule has 0 spiro atoms. The van der Waals surface area contributed by atoms with Crippen LogP contribution in [0.2, 0.25) is 0 Å². The van der Waals surface area contributed by atoms with Crippen molar-refractivity contribution in [2.45, 2.75) is 18.6 Å². The summed E-state index contributed by atoms with van der Waals surface area (Å²) in [5, 5.41) is 0. The second-order valence-corrected chi connectivity index (χ2v) is 7.34. The second-order valence-electron chi connectivity index (χ2n) is 7.34. The van der Waals surface area contributed by atoms with Crippen LogP contribution < -0.4 is 4.90 Å². The summed E-state index contributed by atoms with van der Waals surface area (Å²) in [6.45, 7) is 5.73. The molecular formula is C22H26F2N2O2. The van der Waals surface area contributed by atoms with Crippen LogP contribution in [0.5, 0.6) is 0 Å². The van der Waals surface area contributed by atoms with Crippen molar-refractivity contribution in [3.05, 3.63) is 65.7 Å². The molecule has 0 aromatic heterocycles. The van der Waals surface area contributed by atoms with Crippen molar-refractivity contribution < 1.29 is 18.3 Å². The van der Waals surface area contributed by atoms with E-state index < -0.39 is 17.4 Å². The van der Waals surface area contributed by atoms with Gasteiger partial charge in [0.2, 0.25) is 0 Å². The number of hydrogen-bond donors (Lipinski definition) is 0. The molecule has 0 unspecified atom stereocenters. The lowest BCUT2D eigenvalue weighted by molar-refractivity contribution is -0.174. The van der Waals surface area contributed by atoms with Gasteiger partial charge in [0.25, 0.3) is 0 Å². The van der Waals surface area contributed by atoms with Crippen molar-refractivity contribution >= 4 is 5.69 Å². The molecule has 0 radical (unpaired) electrons. The predicted octanol–water partition coefficient (Wildman–Crippen LogP) is 3.77. The Bertz CT molecular complexity index is 773. The number of piperazine rings is 1. The topological polar surface area (TPSA) is 24.9 Å². The van der Waals surface area contributed by atoms with Gasteiger partial charge in [0.15, 0.2) is 5.79 Å². The lowest BCUT2D eigenvalue weighted by atomic mass is 9.99. The number of rotatable bonds is 6. The average molecular weight is 388 g/mol. The summed E-state index contributed by atoms with van der Waals surface area (Å²) in [5.41, 5.74) is 1.56. The van der Waals surface area contributed by atoms with Gasteiger partial charge in [-0.15, -0.1) is 0 Å². The lowest BCUT2D eigenvalue weighted by Gasteiger charge is -2.36. The number of anilines is 1. The van der Waals surface area contributed by atoms with E-state index in [-0.39, 0.29) is 0 Å². The van der Waals surface area contributed by atoms with Crippen molar-refractivity contribution in [2.24, 2.45) is 0 Å². The molecule has 0 N–H and O–H groups in total. The fourth-order valence-electron chi connectivity index (χ4n) is 4.09. The number of halogens is 2. The molecular weight excluding hydrogens is 362 g/mol. The first kappa shape index (κ1) is 19.3. The maximum Gasteiger partial charge on any atom is 0.197 e. The molecule has 2 aliphatic heterocycles. The molecule has 0 amide bonds. The lowest BCUT2D eigenvalue weighted by Crippen LogP contribution is -2.46. The Labute approximate surface area is 164 Å². The highest BCUT2D eigenvalue weighted by molar-refractivity contribution is 5.46. The molecule has 2 aromatic carbocycles. The third-order valence-corrected chi connectivity index (χ3v) is 5.57. The largest absolute Gasteiger partial charge is 0.369 e. The van der Waals surface area contributed by atoms with E-state index in [0.29, 0.717) is 25.2 Å². The van der Waals surface area contributed by atoms with Crippen LogP contribution in [0.1, 0.15) is 18.4 Å². The van der Waals surface area contributed by atoms with Crippen LogP contribution in [-0.4, -0.2) is 50.8 Å². The molecule has 150 valence electrons. The molecule has 0 aliphatic carbocycles. The first-order valence-electron chi connectivity index (χ1n) is 9.92. The number of nitrogens with zero attached hydrogens (tertiary/aromatic N) is 2. The predicted molar refractivity (Wildman–Crippen MR) is 104 cm³/mol. The van der Waals surface area contributed by atoms with Gasteiger partial charge in [-0.05, 0) is 37.2 Å². The van der Waals surface area contributed by atoms with Gasteiger partial charge in [-0.1, -0.05) is 18.2 Å². The highest BCUT2D eigenvalue weighted by atomic mass is 19.1. The van der Waals surface area contributed by atoms with E-state index in [4.69, 9.17) is 9.47 Å². The van der Waals surface area contributed by atoms with Crippen molar-refractivity contribution in [3.63, 3.8) is 0 Å². The van der Waals surface area contributed by atoms with E-state index in [2.05, 4.69) is 34.1 Å². The Morgan fingerprint density at radius 2 is 1.61 bits per heavy atom. The first-order valence-corrected chi connectivity index (χ1v) is 9.92. The Balaban J connectivity index is 1.31. The summed E-state index contributed by atoms with van der Waals surface area (Å²) in [6.07, 6.45) is 1.37. The number of benzene rings is 2. The summed E-state index contributed by atoms with van der Waals surface area (Å²) >= 11 is 0. The molecule has 4 rings (SSSR count). The minimum Gasteiger partial charge on any atom is -0.369 e. The molecule has 2 saturated heterocycles. The zero-order chi connectivity index (χ0) is 19.4. The van der Waals surface area contributed by atoms with Crippen LogP contribution in [0.3, 0.4) is 0 Å². The number of para-hydroxylation sites is 1. The van der Waals surface area contributed by atoms with Crippen LogP contribution in [0.4, 0.5) is 14.5 Å². The molecule has 0 saturated carbocycles. The third-order valence-electron chi connectivity index (χ3n) is 5.57. The van der Waals surface area contributed by atoms with Crippen LogP contribution in [-0.2, 0) is 15.3 Å². The van der Waals surface area contributed by atoms with Gasteiger partial charge in [0.05, 0.1) is 13.2 Å². The van der Waals surface area contributed by atoms with Gasteiger partial charge in [0.1, 0.15) is 11.6 Å². The summed E-state index contributed by atoms with van der Waals surface area (Å²) < 4.78 is 39.2. The quantitative estimate of drug-likeness (QED) is 0.752. The third kappa shape index (κ3) is 4.19. The smallest absolute Gasteiger partial charge is 0.197 e. The molecule has 2 aromatic rings. The zero-order valence-electron chi connectivity index (χ0n) is 15.9. The summed E-state index contributed by atoms with van der Waals surface area (Å²) in [5.74, 6) is -2.30. The fourth-order valence-corrected chi connectivity index (χ4v) is 4.09. The van der Waals surface area contributed by atoms with Crippen molar-refractivity contribution in [2.75, 3.05) is 50.8 Å². The zero-order valence-corrected chi connectivity index (χ0v) is 15.9. The van der Waals surface area contributed by atoms with Crippen molar-refractivity contribution in [1.82, 2.24) is 4.90 Å². The molecule has 4 nitrogen and oxygen atoms in total. The van der Waals surface area contributed by atoms with Crippen molar-refractivity contribution in [3.8, 4) is 0 Å².